The number of aliphatic hydroxyl groups is 1. The Labute approximate surface area is 112 Å². The van der Waals surface area contributed by atoms with E-state index in [0.29, 0.717) is 0 Å². The van der Waals surface area contributed by atoms with Gasteiger partial charge in [0.1, 0.15) is 0 Å². The van der Waals surface area contributed by atoms with Crippen LogP contribution in [-0.4, -0.2) is 32.6 Å². The average molecular weight is 328 g/mol. The molecule has 0 aliphatic carbocycles. The van der Waals surface area contributed by atoms with Crippen molar-refractivity contribution in [1.82, 2.24) is 4.98 Å². The SMILES string of the molecule is OCc1ccc2ncc3ccccc3c2[c]1[SnH]. The molecule has 0 unspecified atom stereocenters. The fourth-order valence-electron chi connectivity index (χ4n) is 2.16. The summed E-state index contributed by atoms with van der Waals surface area (Å²) in [4.78, 5) is 4.48. The first kappa shape index (κ1) is 11.0. The molecule has 1 N–H and O–H groups in total. The quantitative estimate of drug-likeness (QED) is 0.541. The number of fused-ring (bicyclic) bond motifs is 3. The summed E-state index contributed by atoms with van der Waals surface area (Å²) in [5.74, 6) is 0. The molecular formula is C14H11NOSn. The van der Waals surface area contributed by atoms with Crippen molar-refractivity contribution >= 4 is 47.8 Å². The molecule has 3 heteroatoms. The van der Waals surface area contributed by atoms with Crippen LogP contribution in [0.4, 0.5) is 0 Å². The van der Waals surface area contributed by atoms with Gasteiger partial charge in [0.2, 0.25) is 0 Å². The summed E-state index contributed by atoms with van der Waals surface area (Å²) in [5, 5.41) is 12.9. The number of aromatic nitrogens is 1. The Morgan fingerprint density at radius 3 is 2.76 bits per heavy atom. The van der Waals surface area contributed by atoms with Crippen molar-refractivity contribution < 1.29 is 5.11 Å². The number of hydrogen-bond acceptors (Lipinski definition) is 2. The van der Waals surface area contributed by atoms with Crippen LogP contribution in [0.2, 0.25) is 0 Å². The third-order valence-corrected chi connectivity index (χ3v) is 4.94. The second-order valence-corrected chi connectivity index (χ2v) is 5.68. The van der Waals surface area contributed by atoms with E-state index in [4.69, 9.17) is 0 Å². The van der Waals surface area contributed by atoms with Gasteiger partial charge < -0.3 is 0 Å². The van der Waals surface area contributed by atoms with Gasteiger partial charge in [-0.05, 0) is 0 Å². The van der Waals surface area contributed by atoms with E-state index in [1.54, 1.807) is 0 Å². The molecule has 0 bridgehead atoms. The van der Waals surface area contributed by atoms with Crippen molar-refractivity contribution in [2.24, 2.45) is 0 Å². The molecule has 2 radical (unpaired) electrons. The van der Waals surface area contributed by atoms with Gasteiger partial charge in [0, 0.05) is 0 Å². The molecule has 0 fully saturated rings. The zero-order chi connectivity index (χ0) is 11.8. The van der Waals surface area contributed by atoms with Crippen molar-refractivity contribution in [2.45, 2.75) is 6.61 Å². The first-order valence-electron chi connectivity index (χ1n) is 5.47. The zero-order valence-corrected chi connectivity index (χ0v) is 12.5. The molecule has 3 rings (SSSR count). The van der Waals surface area contributed by atoms with Crippen molar-refractivity contribution in [3.63, 3.8) is 0 Å². The Morgan fingerprint density at radius 1 is 1.12 bits per heavy atom. The summed E-state index contributed by atoms with van der Waals surface area (Å²) in [6.07, 6.45) is 1.91. The summed E-state index contributed by atoms with van der Waals surface area (Å²) in [6, 6.07) is 12.2. The Balaban J connectivity index is 2.55. The summed E-state index contributed by atoms with van der Waals surface area (Å²) in [5.41, 5.74) is 2.04. The summed E-state index contributed by atoms with van der Waals surface area (Å²) in [6.45, 7) is 0.107. The van der Waals surface area contributed by atoms with E-state index in [9.17, 15) is 5.11 Å². The van der Waals surface area contributed by atoms with Crippen molar-refractivity contribution in [3.05, 3.63) is 48.2 Å². The van der Waals surface area contributed by atoms with E-state index >= 15 is 0 Å². The van der Waals surface area contributed by atoms with E-state index in [1.807, 2.05) is 30.5 Å². The molecule has 2 nitrogen and oxygen atoms in total. The second kappa shape index (κ2) is 4.27. The molecule has 17 heavy (non-hydrogen) atoms. The second-order valence-electron chi connectivity index (χ2n) is 4.04. The van der Waals surface area contributed by atoms with E-state index in [0.717, 1.165) is 39.0 Å². The number of hydrogen-bond donors (Lipinski definition) is 1. The Bertz CT molecular complexity index is 709. The molecule has 1 aromatic heterocycles. The van der Waals surface area contributed by atoms with Gasteiger partial charge in [0.15, 0.2) is 0 Å². The van der Waals surface area contributed by atoms with Gasteiger partial charge in [0.05, 0.1) is 0 Å². The van der Waals surface area contributed by atoms with Crippen molar-refractivity contribution in [2.75, 3.05) is 0 Å². The van der Waals surface area contributed by atoms with Crippen LogP contribution < -0.4 is 3.58 Å². The van der Waals surface area contributed by atoms with Crippen LogP contribution in [0.25, 0.3) is 21.7 Å². The van der Waals surface area contributed by atoms with E-state index < -0.39 is 0 Å². The van der Waals surface area contributed by atoms with Crippen LogP contribution in [0.3, 0.4) is 0 Å². The zero-order valence-electron chi connectivity index (χ0n) is 9.22. The molecule has 0 aliphatic heterocycles. The Hall–Kier alpha value is -1.13. The van der Waals surface area contributed by atoms with Gasteiger partial charge in [-0.1, -0.05) is 0 Å². The number of benzene rings is 2. The molecule has 0 atom stereocenters. The number of aliphatic hydroxyl groups excluding tert-OH is 1. The van der Waals surface area contributed by atoms with Gasteiger partial charge in [-0.2, -0.15) is 0 Å². The van der Waals surface area contributed by atoms with Gasteiger partial charge in [-0.15, -0.1) is 0 Å². The predicted octanol–water partition coefficient (Wildman–Crippen LogP) is 1.41. The summed E-state index contributed by atoms with van der Waals surface area (Å²) >= 11 is 0.990. The van der Waals surface area contributed by atoms with Crippen LogP contribution in [0.15, 0.2) is 42.6 Å². The number of nitrogens with zero attached hydrogens (tertiary/aromatic N) is 1. The van der Waals surface area contributed by atoms with Crippen molar-refractivity contribution in [1.29, 1.82) is 0 Å². The van der Waals surface area contributed by atoms with Crippen LogP contribution in [0.1, 0.15) is 5.56 Å². The first-order valence-corrected chi connectivity index (χ1v) is 7.11. The van der Waals surface area contributed by atoms with E-state index in [-0.39, 0.29) is 6.61 Å². The van der Waals surface area contributed by atoms with Gasteiger partial charge in [-0.25, -0.2) is 0 Å². The Morgan fingerprint density at radius 2 is 1.94 bits per heavy atom. The van der Waals surface area contributed by atoms with E-state index in [2.05, 4.69) is 17.1 Å². The Kier molecular flexibility index (Phi) is 2.76. The van der Waals surface area contributed by atoms with Crippen LogP contribution >= 0.6 is 0 Å². The third-order valence-electron chi connectivity index (χ3n) is 3.06. The first-order chi connectivity index (χ1) is 8.31. The fourth-order valence-corrected chi connectivity index (χ4v) is 3.56. The normalized spacial score (nSPS) is 11.2. The standard InChI is InChI=1S/C14H10NO.Sn.H/c16-9-10-5-6-14-13(7-10)12-4-2-1-3-11(12)8-15-14;;/h1-6,8,16H,9H2;;. The summed E-state index contributed by atoms with van der Waals surface area (Å²) in [7, 11) is 0. The number of pyridine rings is 1. The van der Waals surface area contributed by atoms with E-state index in [1.165, 1.54) is 14.4 Å². The molecule has 0 saturated carbocycles. The van der Waals surface area contributed by atoms with Crippen LogP contribution in [0.5, 0.6) is 0 Å². The minimum atomic E-state index is 0.107. The molecule has 3 aromatic rings. The van der Waals surface area contributed by atoms with Crippen LogP contribution in [-0.2, 0) is 6.61 Å². The maximum absolute atomic E-state index is 9.35. The molecular weight excluding hydrogens is 317 g/mol. The van der Waals surface area contributed by atoms with Crippen LogP contribution in [0, 0.1) is 0 Å². The summed E-state index contributed by atoms with van der Waals surface area (Å²) < 4.78 is 1.25. The van der Waals surface area contributed by atoms with Gasteiger partial charge >= 0.3 is 113 Å². The molecule has 0 aliphatic rings. The molecule has 1 heterocycles. The number of rotatable bonds is 1. The average Bonchev–Trinajstić information content (AvgIpc) is 2.38. The molecule has 0 spiro atoms. The monoisotopic (exact) mass is 329 g/mol. The minimum absolute atomic E-state index is 0.107. The van der Waals surface area contributed by atoms with Gasteiger partial charge in [-0.3, -0.25) is 0 Å². The topological polar surface area (TPSA) is 33.1 Å². The molecule has 2 aromatic carbocycles. The molecule has 0 amide bonds. The molecule has 0 saturated heterocycles. The maximum atomic E-state index is 9.35. The third kappa shape index (κ3) is 1.72. The van der Waals surface area contributed by atoms with Gasteiger partial charge in [0.25, 0.3) is 0 Å². The van der Waals surface area contributed by atoms with Crippen molar-refractivity contribution in [3.8, 4) is 0 Å². The molecule has 82 valence electrons. The predicted molar refractivity (Wildman–Crippen MR) is 72.0 cm³/mol. The fraction of sp³-hybridized carbons (Fsp3) is 0.0714.